The van der Waals surface area contributed by atoms with Crippen molar-refractivity contribution in [2.75, 3.05) is 0 Å². The summed E-state index contributed by atoms with van der Waals surface area (Å²) in [6.07, 6.45) is 2.84. The predicted octanol–water partition coefficient (Wildman–Crippen LogP) is 4.93. The molecule has 0 amide bonds. The van der Waals surface area contributed by atoms with Gasteiger partial charge in [-0.25, -0.2) is 4.39 Å². The van der Waals surface area contributed by atoms with Gasteiger partial charge >= 0.3 is 6.18 Å². The average Bonchev–Trinajstić information content (AvgIpc) is 2.51. The van der Waals surface area contributed by atoms with Crippen LogP contribution in [0.25, 0.3) is 6.08 Å². The molecule has 0 saturated carbocycles. The Bertz CT molecular complexity index is 666. The summed E-state index contributed by atoms with van der Waals surface area (Å²) >= 11 is 0. The van der Waals surface area contributed by atoms with Crippen LogP contribution in [0, 0.1) is 18.2 Å². The van der Waals surface area contributed by atoms with E-state index in [1.54, 1.807) is 18.3 Å². The minimum Gasteiger partial charge on any atom is -0.206 e. The maximum Gasteiger partial charge on any atom is 0.416 e. The van der Waals surface area contributed by atoms with Crippen molar-refractivity contribution >= 4 is 6.08 Å². The number of allylic oxidation sites excluding steroid dienone is 1. The van der Waals surface area contributed by atoms with E-state index in [0.29, 0.717) is 12.5 Å². The first-order valence-electron chi connectivity index (χ1n) is 7.02. The molecule has 1 aromatic heterocycles. The number of hydrogen-bond acceptors (Lipinski definition) is 2. The molecule has 0 bridgehead atoms. The van der Waals surface area contributed by atoms with Gasteiger partial charge in [-0.15, -0.1) is 0 Å². The fourth-order valence-electron chi connectivity index (χ4n) is 1.91. The van der Waals surface area contributed by atoms with Gasteiger partial charge in [-0.1, -0.05) is 25.1 Å². The lowest BCUT2D eigenvalue weighted by Gasteiger charge is -2.08. The van der Waals surface area contributed by atoms with Crippen molar-refractivity contribution in [2.45, 2.75) is 19.5 Å². The first-order valence-corrected chi connectivity index (χ1v) is 7.02. The van der Waals surface area contributed by atoms with Crippen LogP contribution in [-0.4, -0.2) is 10.2 Å². The Hall–Kier alpha value is -2.24. The van der Waals surface area contributed by atoms with Gasteiger partial charge in [-0.3, -0.25) is 0 Å². The number of hydrogen-bond donors (Lipinski definition) is 0. The van der Waals surface area contributed by atoms with E-state index in [4.69, 9.17) is 0 Å². The molecule has 1 unspecified atom stereocenters. The molecule has 0 aliphatic heterocycles. The van der Waals surface area contributed by atoms with E-state index in [1.165, 1.54) is 6.08 Å². The van der Waals surface area contributed by atoms with E-state index in [0.717, 1.165) is 17.8 Å². The van der Waals surface area contributed by atoms with E-state index in [1.807, 2.05) is 19.4 Å². The molecule has 2 rings (SSSR count). The third kappa shape index (κ3) is 5.16. The van der Waals surface area contributed by atoms with Crippen molar-refractivity contribution in [1.82, 2.24) is 10.2 Å². The quantitative estimate of drug-likeness (QED) is 0.729. The van der Waals surface area contributed by atoms with Gasteiger partial charge in [0.15, 0.2) is 0 Å². The average molecular weight is 323 g/mol. The van der Waals surface area contributed by atoms with Gasteiger partial charge in [0.05, 0.1) is 11.3 Å². The number of nitrogens with zero attached hydrogens (tertiary/aromatic N) is 2. The van der Waals surface area contributed by atoms with Gasteiger partial charge in [-0.05, 0) is 36.6 Å². The van der Waals surface area contributed by atoms with Crippen LogP contribution < -0.4 is 0 Å². The molecule has 2 nitrogen and oxygen atoms in total. The monoisotopic (exact) mass is 323 g/mol. The Kier molecular flexibility index (Phi) is 5.47. The van der Waals surface area contributed by atoms with Gasteiger partial charge in [0, 0.05) is 18.2 Å². The highest BCUT2D eigenvalue weighted by Crippen LogP contribution is 2.30. The third-order valence-electron chi connectivity index (χ3n) is 3.22. The van der Waals surface area contributed by atoms with E-state index >= 15 is 0 Å². The first-order chi connectivity index (χ1) is 10.9. The fourth-order valence-corrected chi connectivity index (χ4v) is 1.91. The van der Waals surface area contributed by atoms with Crippen LogP contribution in [0.1, 0.15) is 30.2 Å². The first kappa shape index (κ1) is 17.1. The Labute approximate surface area is 131 Å². The summed E-state index contributed by atoms with van der Waals surface area (Å²) in [5.41, 5.74) is -0.117. The zero-order valence-corrected chi connectivity index (χ0v) is 12.4. The van der Waals surface area contributed by atoms with Crippen LogP contribution in [0.2, 0.25) is 0 Å². The van der Waals surface area contributed by atoms with Crippen LogP contribution in [0.5, 0.6) is 0 Å². The molecule has 1 atom stereocenters. The lowest BCUT2D eigenvalue weighted by Crippen LogP contribution is -2.05. The van der Waals surface area contributed by atoms with Crippen molar-refractivity contribution in [3.05, 3.63) is 71.7 Å². The molecule has 1 aromatic carbocycles. The Balaban J connectivity index is 1.97. The summed E-state index contributed by atoms with van der Waals surface area (Å²) in [6.45, 7) is 1.92. The van der Waals surface area contributed by atoms with Gasteiger partial charge in [0.2, 0.25) is 0 Å². The SMILES string of the molecule is CC(/C=C/c1ccc(C(F)(F)F)cc1F)C[CH]c1cccnn1. The van der Waals surface area contributed by atoms with E-state index < -0.39 is 17.6 Å². The van der Waals surface area contributed by atoms with Gasteiger partial charge in [0.25, 0.3) is 0 Å². The second kappa shape index (κ2) is 7.35. The molecule has 0 aliphatic carbocycles. The van der Waals surface area contributed by atoms with Gasteiger partial charge in [-0.2, -0.15) is 23.4 Å². The zero-order chi connectivity index (χ0) is 16.9. The van der Waals surface area contributed by atoms with Crippen LogP contribution in [0.4, 0.5) is 17.6 Å². The second-order valence-electron chi connectivity index (χ2n) is 5.16. The molecule has 0 N–H and O–H groups in total. The topological polar surface area (TPSA) is 25.8 Å². The Morgan fingerprint density at radius 2 is 2.00 bits per heavy atom. The van der Waals surface area contributed by atoms with E-state index in [2.05, 4.69) is 10.2 Å². The molecular formula is C17H15F4N2. The smallest absolute Gasteiger partial charge is 0.206 e. The van der Waals surface area contributed by atoms with Gasteiger partial charge < -0.3 is 0 Å². The molecule has 2 aromatic rings. The summed E-state index contributed by atoms with van der Waals surface area (Å²) in [5.74, 6) is -0.806. The van der Waals surface area contributed by atoms with Gasteiger partial charge in [0.1, 0.15) is 5.82 Å². The molecule has 0 aliphatic rings. The number of alkyl halides is 3. The Morgan fingerprint density at radius 3 is 2.61 bits per heavy atom. The summed E-state index contributed by atoms with van der Waals surface area (Å²) < 4.78 is 51.1. The minimum absolute atomic E-state index is 0.0821. The Morgan fingerprint density at radius 1 is 1.22 bits per heavy atom. The molecule has 1 radical (unpaired) electrons. The third-order valence-corrected chi connectivity index (χ3v) is 3.22. The second-order valence-corrected chi connectivity index (χ2v) is 5.16. The highest BCUT2D eigenvalue weighted by Gasteiger charge is 2.30. The number of aromatic nitrogens is 2. The predicted molar refractivity (Wildman–Crippen MR) is 79.7 cm³/mol. The maximum atomic E-state index is 13.7. The maximum absolute atomic E-state index is 13.7. The number of benzene rings is 1. The molecule has 0 spiro atoms. The molecule has 6 heteroatoms. The van der Waals surface area contributed by atoms with Crippen molar-refractivity contribution in [3.63, 3.8) is 0 Å². The normalized spacial score (nSPS) is 13.4. The largest absolute Gasteiger partial charge is 0.416 e. The highest BCUT2D eigenvalue weighted by molar-refractivity contribution is 5.51. The van der Waals surface area contributed by atoms with E-state index in [-0.39, 0.29) is 11.5 Å². The van der Waals surface area contributed by atoms with Crippen molar-refractivity contribution in [2.24, 2.45) is 5.92 Å². The van der Waals surface area contributed by atoms with Crippen LogP contribution in [-0.2, 0) is 6.18 Å². The lowest BCUT2D eigenvalue weighted by molar-refractivity contribution is -0.137. The van der Waals surface area contributed by atoms with Crippen molar-refractivity contribution < 1.29 is 17.6 Å². The van der Waals surface area contributed by atoms with Crippen LogP contribution in [0.15, 0.2) is 42.6 Å². The standard InChI is InChI=1S/C17H15F4N2/c1-12(5-9-15-3-2-10-22-23-15)4-6-13-7-8-14(11-16(13)18)17(19,20)21/h2-4,6-12H,5H2,1H3/b6-4+. The number of halogens is 4. The molecule has 121 valence electrons. The molecule has 23 heavy (non-hydrogen) atoms. The summed E-state index contributed by atoms with van der Waals surface area (Å²) in [6, 6.07) is 6.11. The number of rotatable bonds is 5. The van der Waals surface area contributed by atoms with Crippen molar-refractivity contribution in [1.29, 1.82) is 0 Å². The van der Waals surface area contributed by atoms with E-state index in [9.17, 15) is 17.6 Å². The van der Waals surface area contributed by atoms with Crippen LogP contribution >= 0.6 is 0 Å². The molecule has 1 heterocycles. The fraction of sp³-hybridized carbons (Fsp3) is 0.235. The molecule has 0 saturated heterocycles. The lowest BCUT2D eigenvalue weighted by atomic mass is 10.0. The van der Waals surface area contributed by atoms with Crippen LogP contribution in [0.3, 0.4) is 0 Å². The van der Waals surface area contributed by atoms with Crippen molar-refractivity contribution in [3.8, 4) is 0 Å². The summed E-state index contributed by atoms with van der Waals surface area (Å²) in [7, 11) is 0. The minimum atomic E-state index is -4.54. The molecule has 0 fully saturated rings. The zero-order valence-electron chi connectivity index (χ0n) is 12.4. The summed E-state index contributed by atoms with van der Waals surface area (Å²) in [5, 5.41) is 7.67. The summed E-state index contributed by atoms with van der Waals surface area (Å²) in [4.78, 5) is 0. The highest BCUT2D eigenvalue weighted by atomic mass is 19.4. The molecular weight excluding hydrogens is 308 g/mol.